The third kappa shape index (κ3) is 9.20. The summed E-state index contributed by atoms with van der Waals surface area (Å²) in [5.41, 5.74) is 0.270. The Hall–Kier alpha value is -2.22. The topological polar surface area (TPSA) is 87.7 Å². The molecule has 2 atom stereocenters. The second-order valence-corrected chi connectivity index (χ2v) is 11.8. The summed E-state index contributed by atoms with van der Waals surface area (Å²) in [6, 6.07) is 5.80. The van der Waals surface area contributed by atoms with Gasteiger partial charge >= 0.3 is 6.09 Å². The SMILES string of the molecule is CSCCC(NC(=O)OC(C)(C)C)C(=O)N(C(C(=O)NC(C)C)c1ccccc1C)C(C)(C)C. The zero-order valence-electron chi connectivity index (χ0n) is 22.4. The van der Waals surface area contributed by atoms with Gasteiger partial charge in [0.1, 0.15) is 17.7 Å². The predicted molar refractivity (Wildman–Crippen MR) is 140 cm³/mol. The van der Waals surface area contributed by atoms with Gasteiger partial charge in [-0.25, -0.2) is 4.79 Å². The molecule has 0 spiro atoms. The first-order valence-corrected chi connectivity index (χ1v) is 13.2. The van der Waals surface area contributed by atoms with Crippen LogP contribution in [0.15, 0.2) is 24.3 Å². The highest BCUT2D eigenvalue weighted by Crippen LogP contribution is 2.32. The average Bonchev–Trinajstić information content (AvgIpc) is 2.66. The van der Waals surface area contributed by atoms with E-state index in [2.05, 4.69) is 10.6 Å². The van der Waals surface area contributed by atoms with Gasteiger partial charge in [-0.05, 0) is 91.9 Å². The van der Waals surface area contributed by atoms with Crippen molar-refractivity contribution in [1.29, 1.82) is 0 Å². The number of nitrogens with one attached hydrogen (secondary N) is 2. The van der Waals surface area contributed by atoms with Crippen LogP contribution in [-0.4, -0.2) is 58.0 Å². The lowest BCUT2D eigenvalue weighted by molar-refractivity contribution is -0.148. The maximum atomic E-state index is 14.1. The fourth-order valence-corrected chi connectivity index (χ4v) is 4.08. The number of thioether (sulfide) groups is 1. The van der Waals surface area contributed by atoms with Crippen LogP contribution < -0.4 is 10.6 Å². The molecule has 0 bridgehead atoms. The second kappa shape index (κ2) is 12.5. The number of benzene rings is 1. The number of rotatable bonds is 9. The number of ether oxygens (including phenoxy) is 1. The summed E-state index contributed by atoms with van der Waals surface area (Å²) in [5.74, 6) is 0.0882. The minimum absolute atomic E-state index is 0.0943. The molecule has 2 unspecified atom stereocenters. The number of nitrogens with zero attached hydrogens (tertiary/aromatic N) is 1. The number of carbonyl (C=O) groups is 3. The molecule has 7 nitrogen and oxygen atoms in total. The lowest BCUT2D eigenvalue weighted by atomic mass is 9.92. The van der Waals surface area contributed by atoms with E-state index in [0.717, 1.165) is 11.1 Å². The van der Waals surface area contributed by atoms with Crippen LogP contribution in [0.1, 0.15) is 79.0 Å². The molecule has 34 heavy (non-hydrogen) atoms. The number of amides is 3. The van der Waals surface area contributed by atoms with Gasteiger partial charge in [-0.15, -0.1) is 0 Å². The number of alkyl carbamates (subject to hydrolysis) is 1. The maximum absolute atomic E-state index is 14.1. The fourth-order valence-electron chi connectivity index (χ4n) is 3.61. The standard InChI is InChI=1S/C26H43N3O4S/c1-17(2)27-22(30)21(19-14-12-11-13-18(19)3)29(25(4,5)6)23(31)20(15-16-34-10)28-24(32)33-26(7,8)9/h11-14,17,20-21H,15-16H2,1-10H3,(H,27,30)(H,28,32). The lowest BCUT2D eigenvalue weighted by Crippen LogP contribution is -2.59. The van der Waals surface area contributed by atoms with Gasteiger partial charge in [0.05, 0.1) is 0 Å². The van der Waals surface area contributed by atoms with Crippen molar-refractivity contribution in [2.24, 2.45) is 0 Å². The zero-order chi connectivity index (χ0) is 26.3. The molecule has 192 valence electrons. The molecule has 8 heteroatoms. The largest absolute Gasteiger partial charge is 0.444 e. The molecule has 1 aromatic rings. The normalized spacial score (nSPS) is 13.7. The Kier molecular flexibility index (Phi) is 10.9. The van der Waals surface area contributed by atoms with Gasteiger partial charge in [-0.2, -0.15) is 11.8 Å². The highest BCUT2D eigenvalue weighted by Gasteiger charge is 2.42. The van der Waals surface area contributed by atoms with E-state index in [0.29, 0.717) is 12.2 Å². The first-order chi connectivity index (χ1) is 15.6. The molecule has 0 aliphatic heterocycles. The predicted octanol–water partition coefficient (Wildman–Crippen LogP) is 4.83. The van der Waals surface area contributed by atoms with Gasteiger partial charge < -0.3 is 20.3 Å². The van der Waals surface area contributed by atoms with Gasteiger partial charge in [0.25, 0.3) is 0 Å². The number of hydrogen-bond donors (Lipinski definition) is 2. The third-order valence-electron chi connectivity index (χ3n) is 4.98. The fraction of sp³-hybridized carbons (Fsp3) is 0.654. The van der Waals surface area contributed by atoms with Crippen LogP contribution in [0.4, 0.5) is 4.79 Å². The molecular formula is C26H43N3O4S. The molecule has 3 amide bonds. The second-order valence-electron chi connectivity index (χ2n) is 10.8. The number of carbonyl (C=O) groups excluding carboxylic acids is 3. The van der Waals surface area contributed by atoms with Crippen molar-refractivity contribution in [3.63, 3.8) is 0 Å². The summed E-state index contributed by atoms with van der Waals surface area (Å²) in [7, 11) is 0. The van der Waals surface area contributed by atoms with Crippen LogP contribution in [0.3, 0.4) is 0 Å². The van der Waals surface area contributed by atoms with Crippen LogP contribution in [-0.2, 0) is 14.3 Å². The molecule has 0 heterocycles. The molecule has 0 fully saturated rings. The summed E-state index contributed by atoms with van der Waals surface area (Å²) in [4.78, 5) is 41.8. The molecule has 0 aliphatic carbocycles. The Morgan fingerprint density at radius 2 is 1.62 bits per heavy atom. The van der Waals surface area contributed by atoms with Gasteiger partial charge in [-0.1, -0.05) is 24.3 Å². The molecule has 2 N–H and O–H groups in total. The Bertz CT molecular complexity index is 843. The number of hydrogen-bond acceptors (Lipinski definition) is 5. The zero-order valence-corrected chi connectivity index (χ0v) is 23.3. The average molecular weight is 494 g/mol. The van der Waals surface area contributed by atoms with Gasteiger partial charge in [0.15, 0.2) is 0 Å². The van der Waals surface area contributed by atoms with Crippen LogP contribution >= 0.6 is 11.8 Å². The van der Waals surface area contributed by atoms with Crippen LogP contribution in [0, 0.1) is 6.92 Å². The molecule has 0 saturated carbocycles. The third-order valence-corrected chi connectivity index (χ3v) is 5.62. The first-order valence-electron chi connectivity index (χ1n) is 11.8. The minimum atomic E-state index is -0.853. The van der Waals surface area contributed by atoms with Gasteiger partial charge in [0, 0.05) is 11.6 Å². The highest BCUT2D eigenvalue weighted by molar-refractivity contribution is 7.98. The monoisotopic (exact) mass is 493 g/mol. The van der Waals surface area contributed by atoms with Crippen LogP contribution in [0.2, 0.25) is 0 Å². The molecule has 0 radical (unpaired) electrons. The summed E-state index contributed by atoms with van der Waals surface area (Å²) < 4.78 is 5.42. The molecule has 0 aromatic heterocycles. The Morgan fingerprint density at radius 3 is 2.09 bits per heavy atom. The van der Waals surface area contributed by atoms with Crippen molar-refractivity contribution in [2.75, 3.05) is 12.0 Å². The van der Waals surface area contributed by atoms with Gasteiger partial charge in [0.2, 0.25) is 11.8 Å². The van der Waals surface area contributed by atoms with E-state index in [1.54, 1.807) is 37.4 Å². The summed E-state index contributed by atoms with van der Waals surface area (Å²) in [6.07, 6.45) is 1.71. The van der Waals surface area contributed by atoms with Crippen LogP contribution in [0.5, 0.6) is 0 Å². The highest BCUT2D eigenvalue weighted by atomic mass is 32.2. The first kappa shape index (κ1) is 29.8. The summed E-state index contributed by atoms with van der Waals surface area (Å²) in [5, 5.41) is 5.74. The van der Waals surface area contributed by atoms with Crippen molar-refractivity contribution in [2.45, 2.75) is 98.0 Å². The van der Waals surface area contributed by atoms with E-state index in [9.17, 15) is 14.4 Å². The van der Waals surface area contributed by atoms with Crippen molar-refractivity contribution >= 4 is 29.7 Å². The van der Waals surface area contributed by atoms with E-state index in [1.165, 1.54) is 0 Å². The van der Waals surface area contributed by atoms with E-state index in [-0.39, 0.29) is 17.9 Å². The molecular weight excluding hydrogens is 450 g/mol. The summed E-state index contributed by atoms with van der Waals surface area (Å²) >= 11 is 1.59. The smallest absolute Gasteiger partial charge is 0.408 e. The number of aryl methyl sites for hydroxylation is 1. The molecule has 1 rings (SSSR count). The molecule has 0 saturated heterocycles. The van der Waals surface area contributed by atoms with E-state index >= 15 is 0 Å². The Labute approximate surface area is 209 Å². The Balaban J connectivity index is 3.54. The minimum Gasteiger partial charge on any atom is -0.444 e. The van der Waals surface area contributed by atoms with Crippen molar-refractivity contribution in [3.8, 4) is 0 Å². The van der Waals surface area contributed by atoms with E-state index < -0.39 is 29.3 Å². The van der Waals surface area contributed by atoms with Gasteiger partial charge in [-0.3, -0.25) is 9.59 Å². The molecule has 0 aliphatic rings. The van der Waals surface area contributed by atoms with E-state index in [1.807, 2.05) is 72.1 Å². The van der Waals surface area contributed by atoms with E-state index in [4.69, 9.17) is 4.74 Å². The molecule has 1 aromatic carbocycles. The van der Waals surface area contributed by atoms with Crippen LogP contribution in [0.25, 0.3) is 0 Å². The van der Waals surface area contributed by atoms with Crippen molar-refractivity contribution in [3.05, 3.63) is 35.4 Å². The van der Waals surface area contributed by atoms with Crippen molar-refractivity contribution in [1.82, 2.24) is 15.5 Å². The quantitative estimate of drug-likeness (QED) is 0.514. The Morgan fingerprint density at radius 1 is 1.03 bits per heavy atom. The summed E-state index contributed by atoms with van der Waals surface area (Å²) in [6.45, 7) is 16.7. The maximum Gasteiger partial charge on any atom is 0.408 e. The lowest BCUT2D eigenvalue weighted by Gasteiger charge is -2.43. The van der Waals surface area contributed by atoms with Crippen molar-refractivity contribution < 1.29 is 19.1 Å².